The quantitative estimate of drug-likeness (QED) is 0.847. The zero-order chi connectivity index (χ0) is 19.4. The molecule has 4 nitrogen and oxygen atoms in total. The Kier molecular flexibility index (Phi) is 5.70. The molecular weight excluding hydrogens is 355 g/mol. The summed E-state index contributed by atoms with van der Waals surface area (Å²) in [6.07, 6.45) is -4.38. The maximum atomic E-state index is 12.6. The molecule has 1 fully saturated rings. The molecule has 0 aliphatic carbocycles. The number of rotatable bonds is 3. The Morgan fingerprint density at radius 3 is 2.11 bits per heavy atom. The first-order valence-electron chi connectivity index (χ1n) is 8.87. The predicted molar refractivity (Wildman–Crippen MR) is 98.5 cm³/mol. The topological polar surface area (TPSA) is 35.6 Å². The van der Waals surface area contributed by atoms with Gasteiger partial charge in [-0.1, -0.05) is 30.3 Å². The Bertz CT molecular complexity index is 754. The van der Waals surface area contributed by atoms with Crippen molar-refractivity contribution in [2.45, 2.75) is 19.1 Å². The van der Waals surface area contributed by atoms with Crippen LogP contribution in [0.25, 0.3) is 0 Å². The summed E-state index contributed by atoms with van der Waals surface area (Å²) >= 11 is 0. The van der Waals surface area contributed by atoms with Gasteiger partial charge in [0.25, 0.3) is 0 Å². The molecule has 7 heteroatoms. The van der Waals surface area contributed by atoms with Crippen molar-refractivity contribution in [3.8, 4) is 0 Å². The van der Waals surface area contributed by atoms with Gasteiger partial charge in [0.15, 0.2) is 0 Å². The van der Waals surface area contributed by atoms with E-state index >= 15 is 0 Å². The number of hydrogen-bond acceptors (Lipinski definition) is 2. The molecule has 0 bridgehead atoms. The molecule has 1 N–H and O–H groups in total. The van der Waals surface area contributed by atoms with Crippen LogP contribution in [-0.4, -0.2) is 42.0 Å². The highest BCUT2D eigenvalue weighted by Crippen LogP contribution is 2.30. The van der Waals surface area contributed by atoms with Gasteiger partial charge in [-0.25, -0.2) is 4.79 Å². The highest BCUT2D eigenvalue weighted by atomic mass is 19.4. The molecule has 1 heterocycles. The van der Waals surface area contributed by atoms with Crippen LogP contribution in [0.2, 0.25) is 0 Å². The minimum absolute atomic E-state index is 0.270. The van der Waals surface area contributed by atoms with Gasteiger partial charge in [-0.3, -0.25) is 4.90 Å². The lowest BCUT2D eigenvalue weighted by Gasteiger charge is -2.38. The van der Waals surface area contributed by atoms with Gasteiger partial charge in [-0.2, -0.15) is 13.2 Å². The maximum Gasteiger partial charge on any atom is 0.416 e. The van der Waals surface area contributed by atoms with Crippen LogP contribution < -0.4 is 5.32 Å². The number of hydrogen-bond donors (Lipinski definition) is 1. The van der Waals surface area contributed by atoms with E-state index in [4.69, 9.17) is 0 Å². The number of alkyl halides is 3. The molecule has 1 aliphatic rings. The first kappa shape index (κ1) is 19.2. The molecule has 2 aromatic rings. The first-order chi connectivity index (χ1) is 12.8. The van der Waals surface area contributed by atoms with Crippen LogP contribution in [0.15, 0.2) is 54.6 Å². The number of nitrogens with one attached hydrogen (secondary N) is 1. The smallest absolute Gasteiger partial charge is 0.322 e. The Hall–Kier alpha value is -2.54. The second-order valence-corrected chi connectivity index (χ2v) is 6.61. The van der Waals surface area contributed by atoms with E-state index in [9.17, 15) is 18.0 Å². The Morgan fingerprint density at radius 2 is 1.56 bits per heavy atom. The third kappa shape index (κ3) is 4.80. The van der Waals surface area contributed by atoms with E-state index in [1.54, 1.807) is 4.90 Å². The fraction of sp³-hybridized carbons (Fsp3) is 0.350. The summed E-state index contributed by atoms with van der Waals surface area (Å²) in [7, 11) is 0. The average molecular weight is 377 g/mol. The van der Waals surface area contributed by atoms with Crippen LogP contribution in [0.5, 0.6) is 0 Å². The molecule has 3 rings (SSSR count). The zero-order valence-corrected chi connectivity index (χ0v) is 15.0. The van der Waals surface area contributed by atoms with Gasteiger partial charge in [-0.05, 0) is 36.8 Å². The summed E-state index contributed by atoms with van der Waals surface area (Å²) in [6, 6.07) is 14.7. The highest BCUT2D eigenvalue weighted by molar-refractivity contribution is 5.89. The number of anilines is 1. The standard InChI is InChI=1S/C20H22F3N3O/c1-15(16-5-3-2-4-6-16)25-11-13-26(14-12-25)19(27)24-18-9-7-17(8-10-18)20(21,22)23/h2-10,15H,11-14H2,1H3,(H,24,27). The number of urea groups is 1. The summed E-state index contributed by atoms with van der Waals surface area (Å²) in [6.45, 7) is 4.79. The fourth-order valence-electron chi connectivity index (χ4n) is 3.20. The summed E-state index contributed by atoms with van der Waals surface area (Å²) in [5.41, 5.74) is 0.859. The van der Waals surface area contributed by atoms with Gasteiger partial charge >= 0.3 is 12.2 Å². The lowest BCUT2D eigenvalue weighted by molar-refractivity contribution is -0.137. The number of piperazine rings is 1. The van der Waals surface area contributed by atoms with Gasteiger partial charge < -0.3 is 10.2 Å². The molecule has 1 aliphatic heterocycles. The van der Waals surface area contributed by atoms with Crippen molar-refractivity contribution in [1.82, 2.24) is 9.80 Å². The Labute approximate surface area is 156 Å². The second-order valence-electron chi connectivity index (χ2n) is 6.61. The molecule has 144 valence electrons. The molecule has 0 aromatic heterocycles. The highest BCUT2D eigenvalue weighted by Gasteiger charge is 2.30. The molecule has 1 saturated heterocycles. The molecule has 1 unspecified atom stereocenters. The number of benzene rings is 2. The van der Waals surface area contributed by atoms with E-state index in [2.05, 4.69) is 29.3 Å². The van der Waals surface area contributed by atoms with E-state index < -0.39 is 11.7 Å². The predicted octanol–water partition coefficient (Wildman–Crippen LogP) is 4.62. The van der Waals surface area contributed by atoms with E-state index in [-0.39, 0.29) is 12.1 Å². The molecule has 2 amide bonds. The number of nitrogens with zero attached hydrogens (tertiary/aromatic N) is 2. The average Bonchev–Trinajstić information content (AvgIpc) is 2.68. The zero-order valence-electron chi connectivity index (χ0n) is 15.0. The SMILES string of the molecule is CC(c1ccccc1)N1CCN(C(=O)Nc2ccc(C(F)(F)F)cc2)CC1. The lowest BCUT2D eigenvalue weighted by Crippen LogP contribution is -2.50. The molecule has 1 atom stereocenters. The maximum absolute atomic E-state index is 12.6. The minimum atomic E-state index is -4.38. The number of amides is 2. The van der Waals surface area contributed by atoms with Gasteiger partial charge in [0.2, 0.25) is 0 Å². The van der Waals surface area contributed by atoms with Crippen LogP contribution in [0.1, 0.15) is 24.1 Å². The fourth-order valence-corrected chi connectivity index (χ4v) is 3.20. The monoisotopic (exact) mass is 377 g/mol. The molecule has 0 radical (unpaired) electrons. The van der Waals surface area contributed by atoms with Gasteiger partial charge in [0.1, 0.15) is 0 Å². The normalized spacial score (nSPS) is 16.8. The molecule has 27 heavy (non-hydrogen) atoms. The number of carbonyl (C=O) groups excluding carboxylic acids is 1. The van der Waals surface area contributed by atoms with Crippen molar-refractivity contribution >= 4 is 11.7 Å². The van der Waals surface area contributed by atoms with Crippen molar-refractivity contribution in [2.24, 2.45) is 0 Å². The second kappa shape index (κ2) is 8.00. The third-order valence-corrected chi connectivity index (χ3v) is 4.89. The van der Waals surface area contributed by atoms with E-state index in [1.165, 1.54) is 17.7 Å². The number of carbonyl (C=O) groups is 1. The first-order valence-corrected chi connectivity index (χ1v) is 8.87. The van der Waals surface area contributed by atoms with Crippen molar-refractivity contribution in [3.05, 3.63) is 65.7 Å². The summed E-state index contributed by atoms with van der Waals surface area (Å²) in [4.78, 5) is 16.4. The van der Waals surface area contributed by atoms with Crippen LogP contribution in [0.3, 0.4) is 0 Å². The largest absolute Gasteiger partial charge is 0.416 e. The number of halogens is 3. The minimum Gasteiger partial charge on any atom is -0.322 e. The van der Waals surface area contributed by atoms with Gasteiger partial charge in [-0.15, -0.1) is 0 Å². The molecule has 0 spiro atoms. The third-order valence-electron chi connectivity index (χ3n) is 4.89. The van der Waals surface area contributed by atoms with E-state index in [1.807, 2.05) is 18.2 Å². The molecule has 0 saturated carbocycles. The van der Waals surface area contributed by atoms with E-state index in [0.29, 0.717) is 18.8 Å². The summed E-state index contributed by atoms with van der Waals surface area (Å²) < 4.78 is 37.8. The van der Waals surface area contributed by atoms with Crippen LogP contribution >= 0.6 is 0 Å². The van der Waals surface area contributed by atoms with Crippen molar-refractivity contribution < 1.29 is 18.0 Å². The molecule has 2 aromatic carbocycles. The summed E-state index contributed by atoms with van der Waals surface area (Å²) in [5, 5.41) is 2.67. The van der Waals surface area contributed by atoms with Gasteiger partial charge in [0, 0.05) is 37.9 Å². The van der Waals surface area contributed by atoms with Crippen LogP contribution in [0.4, 0.5) is 23.7 Å². The molecular formula is C20H22F3N3O. The van der Waals surface area contributed by atoms with Crippen molar-refractivity contribution in [2.75, 3.05) is 31.5 Å². The Balaban J connectivity index is 1.53. The Morgan fingerprint density at radius 1 is 0.963 bits per heavy atom. The van der Waals surface area contributed by atoms with Crippen molar-refractivity contribution in [3.63, 3.8) is 0 Å². The van der Waals surface area contributed by atoms with Crippen LogP contribution in [-0.2, 0) is 6.18 Å². The lowest BCUT2D eigenvalue weighted by atomic mass is 10.1. The van der Waals surface area contributed by atoms with E-state index in [0.717, 1.165) is 25.2 Å². The van der Waals surface area contributed by atoms with Crippen molar-refractivity contribution in [1.29, 1.82) is 0 Å². The van der Waals surface area contributed by atoms with Crippen LogP contribution in [0, 0.1) is 0 Å². The van der Waals surface area contributed by atoms with Gasteiger partial charge in [0.05, 0.1) is 5.56 Å². The summed E-state index contributed by atoms with van der Waals surface area (Å²) in [5.74, 6) is 0.